The molecule has 3 nitrogen and oxygen atoms in total. The van der Waals surface area contributed by atoms with Crippen LogP contribution in [0.5, 0.6) is 0 Å². The molecule has 19 heavy (non-hydrogen) atoms. The van der Waals surface area contributed by atoms with Crippen molar-refractivity contribution < 1.29 is 23.5 Å². The maximum absolute atomic E-state index is 13.4. The first-order valence-electron chi connectivity index (χ1n) is 5.32. The smallest absolute Gasteiger partial charge is 0.335 e. The fourth-order valence-corrected chi connectivity index (χ4v) is 1.59. The summed E-state index contributed by atoms with van der Waals surface area (Å²) in [6.45, 7) is 0. The molecule has 0 heterocycles. The summed E-state index contributed by atoms with van der Waals surface area (Å²) >= 11 is 0. The normalized spacial score (nSPS) is 10.2. The number of carbonyl (C=O) groups is 2. The molecule has 2 aromatic rings. The van der Waals surface area contributed by atoms with Gasteiger partial charge in [0, 0.05) is 11.6 Å². The number of halogens is 2. The number of ketones is 1. The second-order valence-electron chi connectivity index (χ2n) is 3.84. The lowest BCUT2D eigenvalue weighted by Crippen LogP contribution is -2.05. The van der Waals surface area contributed by atoms with Crippen molar-refractivity contribution in [2.45, 2.75) is 0 Å². The standard InChI is InChI=1S/C14H8F2O3/c15-10-5-6-11(12(16)7-10)13(17)8-1-3-9(4-2-8)14(18)19/h1-7H,(H,18,19). The first-order chi connectivity index (χ1) is 8.99. The second kappa shape index (κ2) is 4.97. The van der Waals surface area contributed by atoms with Crippen molar-refractivity contribution in [2.75, 3.05) is 0 Å². The number of benzene rings is 2. The van der Waals surface area contributed by atoms with Gasteiger partial charge in [0.2, 0.25) is 0 Å². The molecule has 5 heteroatoms. The average Bonchev–Trinajstić information content (AvgIpc) is 2.38. The van der Waals surface area contributed by atoms with Crippen molar-refractivity contribution in [3.05, 3.63) is 70.8 Å². The van der Waals surface area contributed by atoms with E-state index in [2.05, 4.69) is 0 Å². The van der Waals surface area contributed by atoms with Gasteiger partial charge in [-0.15, -0.1) is 0 Å². The zero-order valence-corrected chi connectivity index (χ0v) is 9.56. The van der Waals surface area contributed by atoms with Crippen molar-refractivity contribution in [2.24, 2.45) is 0 Å². The molecule has 0 aromatic heterocycles. The van der Waals surface area contributed by atoms with Gasteiger partial charge in [0.1, 0.15) is 11.6 Å². The molecule has 0 aliphatic heterocycles. The highest BCUT2D eigenvalue weighted by molar-refractivity contribution is 6.09. The molecule has 0 bridgehead atoms. The van der Waals surface area contributed by atoms with E-state index >= 15 is 0 Å². The summed E-state index contributed by atoms with van der Waals surface area (Å²) in [4.78, 5) is 22.6. The fraction of sp³-hybridized carbons (Fsp3) is 0. The zero-order chi connectivity index (χ0) is 14.0. The third kappa shape index (κ3) is 2.65. The molecular weight excluding hydrogens is 254 g/mol. The molecule has 1 N–H and O–H groups in total. The van der Waals surface area contributed by atoms with E-state index in [1.54, 1.807) is 0 Å². The van der Waals surface area contributed by atoms with Gasteiger partial charge in [0.25, 0.3) is 0 Å². The molecule has 0 spiro atoms. The molecule has 0 aliphatic carbocycles. The summed E-state index contributed by atoms with van der Waals surface area (Å²) < 4.78 is 26.2. The molecule has 2 rings (SSSR count). The van der Waals surface area contributed by atoms with Gasteiger partial charge in [-0.25, -0.2) is 13.6 Å². The summed E-state index contributed by atoms with van der Waals surface area (Å²) in [7, 11) is 0. The Labute approximate surface area is 107 Å². The highest BCUT2D eigenvalue weighted by Crippen LogP contribution is 2.15. The lowest BCUT2D eigenvalue weighted by atomic mass is 10.0. The van der Waals surface area contributed by atoms with Crippen LogP contribution in [0.2, 0.25) is 0 Å². The summed E-state index contributed by atoms with van der Waals surface area (Å²) in [5.74, 6) is -3.47. The Morgan fingerprint density at radius 2 is 1.47 bits per heavy atom. The maximum Gasteiger partial charge on any atom is 0.335 e. The number of carbonyl (C=O) groups excluding carboxylic acids is 1. The van der Waals surface area contributed by atoms with Gasteiger partial charge >= 0.3 is 5.97 Å². The molecule has 0 radical (unpaired) electrons. The minimum absolute atomic E-state index is 0.0242. The van der Waals surface area contributed by atoms with Gasteiger partial charge in [-0.3, -0.25) is 4.79 Å². The van der Waals surface area contributed by atoms with Crippen LogP contribution >= 0.6 is 0 Å². The van der Waals surface area contributed by atoms with Gasteiger partial charge in [-0.05, 0) is 24.3 Å². The van der Waals surface area contributed by atoms with Gasteiger partial charge < -0.3 is 5.11 Å². The Morgan fingerprint density at radius 1 is 0.895 bits per heavy atom. The van der Waals surface area contributed by atoms with Crippen LogP contribution in [0.15, 0.2) is 42.5 Å². The van der Waals surface area contributed by atoms with Crippen LogP contribution < -0.4 is 0 Å². The highest BCUT2D eigenvalue weighted by Gasteiger charge is 2.15. The molecular formula is C14H8F2O3. The Bertz CT molecular complexity index is 648. The van der Waals surface area contributed by atoms with Crippen molar-refractivity contribution in [1.82, 2.24) is 0 Å². The molecule has 0 unspecified atom stereocenters. The van der Waals surface area contributed by atoms with E-state index in [0.717, 1.165) is 12.1 Å². The lowest BCUT2D eigenvalue weighted by molar-refractivity contribution is 0.0696. The van der Waals surface area contributed by atoms with Crippen LogP contribution in [0.25, 0.3) is 0 Å². The second-order valence-corrected chi connectivity index (χ2v) is 3.84. The number of rotatable bonds is 3. The molecule has 0 amide bonds. The van der Waals surface area contributed by atoms with E-state index in [0.29, 0.717) is 6.07 Å². The molecule has 2 aromatic carbocycles. The third-order valence-electron chi connectivity index (χ3n) is 2.57. The van der Waals surface area contributed by atoms with Gasteiger partial charge in [0.15, 0.2) is 5.78 Å². The van der Waals surface area contributed by atoms with E-state index in [1.807, 2.05) is 0 Å². The zero-order valence-electron chi connectivity index (χ0n) is 9.56. The third-order valence-corrected chi connectivity index (χ3v) is 2.57. The molecule has 0 saturated heterocycles. The van der Waals surface area contributed by atoms with E-state index in [1.165, 1.54) is 24.3 Å². The molecule has 96 valence electrons. The number of hydrogen-bond donors (Lipinski definition) is 1. The summed E-state index contributed by atoms with van der Waals surface area (Å²) in [6, 6.07) is 7.73. The maximum atomic E-state index is 13.4. The molecule has 0 fully saturated rings. The highest BCUT2D eigenvalue weighted by atomic mass is 19.1. The number of carboxylic acid groups (broad SMARTS) is 1. The van der Waals surface area contributed by atoms with Crippen molar-refractivity contribution in [1.29, 1.82) is 0 Å². The van der Waals surface area contributed by atoms with E-state index in [-0.39, 0.29) is 16.7 Å². The largest absolute Gasteiger partial charge is 0.478 e. The Balaban J connectivity index is 2.36. The molecule has 0 atom stereocenters. The average molecular weight is 262 g/mol. The minimum Gasteiger partial charge on any atom is -0.478 e. The topological polar surface area (TPSA) is 54.4 Å². The van der Waals surface area contributed by atoms with E-state index in [4.69, 9.17) is 5.11 Å². The summed E-state index contributed by atoms with van der Waals surface area (Å²) in [5, 5.41) is 8.72. The van der Waals surface area contributed by atoms with Crippen molar-refractivity contribution in [3.63, 3.8) is 0 Å². The van der Waals surface area contributed by atoms with E-state index < -0.39 is 23.4 Å². The molecule has 0 saturated carbocycles. The van der Waals surface area contributed by atoms with Crippen LogP contribution in [0.3, 0.4) is 0 Å². The minimum atomic E-state index is -1.12. The van der Waals surface area contributed by atoms with Gasteiger partial charge in [0.05, 0.1) is 11.1 Å². The Morgan fingerprint density at radius 3 is 2.00 bits per heavy atom. The monoisotopic (exact) mass is 262 g/mol. The van der Waals surface area contributed by atoms with Gasteiger partial charge in [-0.2, -0.15) is 0 Å². The number of aromatic carboxylic acids is 1. The fourth-order valence-electron chi connectivity index (χ4n) is 1.59. The first-order valence-corrected chi connectivity index (χ1v) is 5.32. The SMILES string of the molecule is O=C(O)c1ccc(C(=O)c2ccc(F)cc2F)cc1. The lowest BCUT2D eigenvalue weighted by Gasteiger charge is -2.03. The van der Waals surface area contributed by atoms with Crippen LogP contribution in [0.1, 0.15) is 26.3 Å². The van der Waals surface area contributed by atoms with Crippen LogP contribution in [0.4, 0.5) is 8.78 Å². The number of hydrogen-bond acceptors (Lipinski definition) is 2. The molecule has 0 aliphatic rings. The van der Waals surface area contributed by atoms with Crippen LogP contribution in [0, 0.1) is 11.6 Å². The first kappa shape index (κ1) is 12.9. The number of carboxylic acids is 1. The summed E-state index contributed by atoms with van der Waals surface area (Å²) in [6.07, 6.45) is 0. The Hall–Kier alpha value is -2.56. The quantitative estimate of drug-likeness (QED) is 0.865. The van der Waals surface area contributed by atoms with Crippen LogP contribution in [-0.2, 0) is 0 Å². The van der Waals surface area contributed by atoms with E-state index in [9.17, 15) is 18.4 Å². The summed E-state index contributed by atoms with van der Waals surface area (Å²) in [5.41, 5.74) is -0.101. The predicted molar refractivity (Wildman–Crippen MR) is 63.2 cm³/mol. The van der Waals surface area contributed by atoms with Gasteiger partial charge in [-0.1, -0.05) is 12.1 Å². The predicted octanol–water partition coefficient (Wildman–Crippen LogP) is 2.89. The van der Waals surface area contributed by atoms with Crippen molar-refractivity contribution in [3.8, 4) is 0 Å². The Kier molecular flexibility index (Phi) is 3.37. The van der Waals surface area contributed by atoms with Crippen LogP contribution in [-0.4, -0.2) is 16.9 Å². The van der Waals surface area contributed by atoms with Crippen molar-refractivity contribution >= 4 is 11.8 Å².